The van der Waals surface area contributed by atoms with Crippen LogP contribution in [0.5, 0.6) is 0 Å². The van der Waals surface area contributed by atoms with Crippen LogP contribution in [0.1, 0.15) is 39.2 Å². The van der Waals surface area contributed by atoms with Crippen molar-refractivity contribution in [2.75, 3.05) is 6.61 Å². The molecular formula is C29H26N2O3. The number of amides is 1. The van der Waals surface area contributed by atoms with E-state index in [1.54, 1.807) is 4.90 Å². The van der Waals surface area contributed by atoms with Crippen molar-refractivity contribution in [3.63, 3.8) is 0 Å². The second-order valence-corrected chi connectivity index (χ2v) is 8.58. The number of esters is 1. The first-order valence-corrected chi connectivity index (χ1v) is 11.6. The lowest BCUT2D eigenvalue weighted by Crippen LogP contribution is -2.34. The van der Waals surface area contributed by atoms with Crippen LogP contribution in [-0.2, 0) is 35.5 Å². The standard InChI is InChI=1S/C29H26N2O3/c32-27(31(18-21-10-3-1-4-11-21)19-22-12-5-2-6-13-22)20-34-29(33)28-23-14-7-8-16-25(23)30-26-17-9-15-24(26)28/h1-8,10-14,16H,9,15,17-20H2. The van der Waals surface area contributed by atoms with Gasteiger partial charge in [0.15, 0.2) is 6.61 Å². The molecule has 0 aliphatic heterocycles. The Kier molecular flexibility index (Phi) is 6.34. The van der Waals surface area contributed by atoms with Gasteiger partial charge in [-0.15, -0.1) is 0 Å². The first kappa shape index (κ1) is 21.8. The summed E-state index contributed by atoms with van der Waals surface area (Å²) in [5.74, 6) is -0.680. The number of pyridine rings is 1. The average Bonchev–Trinajstić information content (AvgIpc) is 3.34. The van der Waals surface area contributed by atoms with Gasteiger partial charge in [-0.25, -0.2) is 4.79 Å². The zero-order valence-corrected chi connectivity index (χ0v) is 18.9. The summed E-state index contributed by atoms with van der Waals surface area (Å²) >= 11 is 0. The third-order valence-corrected chi connectivity index (χ3v) is 6.24. The van der Waals surface area contributed by atoms with E-state index < -0.39 is 5.97 Å². The van der Waals surface area contributed by atoms with Crippen LogP contribution in [0.4, 0.5) is 0 Å². The normalized spacial score (nSPS) is 12.4. The van der Waals surface area contributed by atoms with E-state index in [0.29, 0.717) is 18.7 Å². The van der Waals surface area contributed by atoms with Gasteiger partial charge in [0.05, 0.1) is 11.1 Å². The molecule has 0 radical (unpaired) electrons. The molecule has 1 amide bonds. The van der Waals surface area contributed by atoms with Gasteiger partial charge in [-0.1, -0.05) is 78.9 Å². The number of rotatable bonds is 7. The number of para-hydroxylation sites is 1. The summed E-state index contributed by atoms with van der Waals surface area (Å²) in [6.07, 6.45) is 2.64. The van der Waals surface area contributed by atoms with Crippen LogP contribution in [0.25, 0.3) is 10.9 Å². The first-order chi connectivity index (χ1) is 16.7. The average molecular weight is 451 g/mol. The van der Waals surface area contributed by atoms with Crippen LogP contribution in [0.2, 0.25) is 0 Å². The maximum absolute atomic E-state index is 13.2. The largest absolute Gasteiger partial charge is 0.452 e. The SMILES string of the molecule is O=C(OCC(=O)N(Cc1ccccc1)Cc1ccccc1)c1c2c(nc3ccccc13)CCC2. The van der Waals surface area contributed by atoms with Gasteiger partial charge in [-0.2, -0.15) is 0 Å². The first-order valence-electron chi connectivity index (χ1n) is 11.6. The molecule has 0 N–H and O–H groups in total. The minimum atomic E-state index is -0.454. The molecule has 0 fully saturated rings. The lowest BCUT2D eigenvalue weighted by atomic mass is 10.0. The molecule has 34 heavy (non-hydrogen) atoms. The van der Waals surface area contributed by atoms with Crippen molar-refractivity contribution in [3.8, 4) is 0 Å². The van der Waals surface area contributed by atoms with Crippen LogP contribution in [0.3, 0.4) is 0 Å². The van der Waals surface area contributed by atoms with Crippen molar-refractivity contribution >= 4 is 22.8 Å². The van der Waals surface area contributed by atoms with E-state index >= 15 is 0 Å². The summed E-state index contributed by atoms with van der Waals surface area (Å²) in [6, 6.07) is 27.3. The fourth-order valence-corrected chi connectivity index (χ4v) is 4.57. The molecule has 0 saturated carbocycles. The predicted molar refractivity (Wildman–Crippen MR) is 131 cm³/mol. The van der Waals surface area contributed by atoms with Gasteiger partial charge >= 0.3 is 5.97 Å². The van der Waals surface area contributed by atoms with Gasteiger partial charge in [0.1, 0.15) is 0 Å². The van der Waals surface area contributed by atoms with E-state index in [1.165, 1.54) is 0 Å². The van der Waals surface area contributed by atoms with E-state index in [2.05, 4.69) is 0 Å². The molecule has 0 bridgehead atoms. The summed E-state index contributed by atoms with van der Waals surface area (Å²) in [7, 11) is 0. The molecule has 5 rings (SSSR count). The van der Waals surface area contributed by atoms with Crippen LogP contribution >= 0.6 is 0 Å². The quantitative estimate of drug-likeness (QED) is 0.367. The molecule has 0 saturated heterocycles. The van der Waals surface area contributed by atoms with Crippen molar-refractivity contribution in [2.45, 2.75) is 32.4 Å². The number of fused-ring (bicyclic) bond motifs is 2. The molecular weight excluding hydrogens is 424 g/mol. The highest BCUT2D eigenvalue weighted by molar-refractivity contribution is 6.05. The summed E-state index contributed by atoms with van der Waals surface area (Å²) in [4.78, 5) is 32.9. The Balaban J connectivity index is 1.36. The lowest BCUT2D eigenvalue weighted by molar-refractivity contribution is -0.135. The molecule has 0 unspecified atom stereocenters. The minimum Gasteiger partial charge on any atom is -0.452 e. The van der Waals surface area contributed by atoms with Crippen LogP contribution in [0, 0.1) is 0 Å². The van der Waals surface area contributed by atoms with Crippen molar-refractivity contribution in [2.24, 2.45) is 0 Å². The number of aromatic nitrogens is 1. The number of aryl methyl sites for hydroxylation is 1. The monoisotopic (exact) mass is 450 g/mol. The summed E-state index contributed by atoms with van der Waals surface area (Å²) in [6.45, 7) is 0.587. The molecule has 5 heteroatoms. The van der Waals surface area contributed by atoms with E-state index in [1.807, 2.05) is 84.9 Å². The third-order valence-electron chi connectivity index (χ3n) is 6.24. The van der Waals surface area contributed by atoms with Gasteiger partial charge in [0, 0.05) is 24.2 Å². The van der Waals surface area contributed by atoms with E-state index in [4.69, 9.17) is 9.72 Å². The fraction of sp³-hybridized carbons (Fsp3) is 0.207. The van der Waals surface area contributed by atoms with Crippen LogP contribution < -0.4 is 0 Å². The Morgan fingerprint density at radius 2 is 1.41 bits per heavy atom. The van der Waals surface area contributed by atoms with Crippen molar-refractivity contribution in [3.05, 3.63) is 113 Å². The van der Waals surface area contributed by atoms with Gasteiger partial charge in [-0.3, -0.25) is 9.78 Å². The smallest absolute Gasteiger partial charge is 0.339 e. The van der Waals surface area contributed by atoms with E-state index in [-0.39, 0.29) is 12.5 Å². The maximum atomic E-state index is 13.2. The second-order valence-electron chi connectivity index (χ2n) is 8.58. The number of nitrogens with zero attached hydrogens (tertiary/aromatic N) is 2. The molecule has 5 nitrogen and oxygen atoms in total. The highest BCUT2D eigenvalue weighted by Crippen LogP contribution is 2.30. The molecule has 3 aromatic carbocycles. The molecule has 1 aromatic heterocycles. The van der Waals surface area contributed by atoms with Crippen LogP contribution in [0.15, 0.2) is 84.9 Å². The molecule has 0 spiro atoms. The van der Waals surface area contributed by atoms with Crippen molar-refractivity contribution in [1.29, 1.82) is 0 Å². The number of carbonyl (C=O) groups excluding carboxylic acids is 2. The number of hydrogen-bond acceptors (Lipinski definition) is 4. The topological polar surface area (TPSA) is 59.5 Å². The molecule has 4 aromatic rings. The summed E-state index contributed by atoms with van der Waals surface area (Å²) < 4.78 is 5.62. The van der Waals surface area contributed by atoms with E-state index in [9.17, 15) is 9.59 Å². The maximum Gasteiger partial charge on any atom is 0.339 e. The van der Waals surface area contributed by atoms with Gasteiger partial charge in [-0.05, 0) is 42.0 Å². The molecule has 1 aliphatic carbocycles. The second kappa shape index (κ2) is 9.87. The highest BCUT2D eigenvalue weighted by atomic mass is 16.5. The van der Waals surface area contributed by atoms with E-state index in [0.717, 1.165) is 52.5 Å². The van der Waals surface area contributed by atoms with Gasteiger partial charge in [0.2, 0.25) is 0 Å². The molecule has 1 heterocycles. The summed E-state index contributed by atoms with van der Waals surface area (Å²) in [5, 5.41) is 0.783. The lowest BCUT2D eigenvalue weighted by Gasteiger charge is -2.23. The van der Waals surface area contributed by atoms with Crippen molar-refractivity contribution in [1.82, 2.24) is 9.88 Å². The fourth-order valence-electron chi connectivity index (χ4n) is 4.57. The highest BCUT2D eigenvalue weighted by Gasteiger charge is 2.26. The summed E-state index contributed by atoms with van der Waals surface area (Å²) in [5.41, 5.74) is 5.32. The number of benzene rings is 3. The van der Waals surface area contributed by atoms with Gasteiger partial charge in [0.25, 0.3) is 5.91 Å². The Hall–Kier alpha value is -3.99. The zero-order valence-electron chi connectivity index (χ0n) is 18.9. The predicted octanol–water partition coefficient (Wildman–Crippen LogP) is 5.11. The molecule has 170 valence electrons. The number of ether oxygens (including phenoxy) is 1. The third kappa shape index (κ3) is 4.69. The number of hydrogen-bond donors (Lipinski definition) is 0. The van der Waals surface area contributed by atoms with Gasteiger partial charge < -0.3 is 9.64 Å². The Morgan fingerprint density at radius 1 is 0.794 bits per heavy atom. The Bertz CT molecular complexity index is 1280. The minimum absolute atomic E-state index is 0.226. The Labute approximate surface area is 199 Å². The zero-order chi connectivity index (χ0) is 23.3. The van der Waals surface area contributed by atoms with Crippen LogP contribution in [-0.4, -0.2) is 28.4 Å². The molecule has 0 atom stereocenters. The molecule has 1 aliphatic rings. The van der Waals surface area contributed by atoms with Crippen molar-refractivity contribution < 1.29 is 14.3 Å². The Morgan fingerprint density at radius 3 is 2.09 bits per heavy atom. The number of carbonyl (C=O) groups is 2.